The van der Waals surface area contributed by atoms with Crippen LogP contribution in [0.3, 0.4) is 0 Å². The van der Waals surface area contributed by atoms with Gasteiger partial charge >= 0.3 is 12.1 Å². The van der Waals surface area contributed by atoms with Crippen LogP contribution in [0.5, 0.6) is 0 Å². The summed E-state index contributed by atoms with van der Waals surface area (Å²) in [6.07, 6.45) is -1.75. The number of piperidine rings is 2. The zero-order chi connectivity index (χ0) is 24.4. The van der Waals surface area contributed by atoms with Crippen molar-refractivity contribution in [3.63, 3.8) is 0 Å². The van der Waals surface area contributed by atoms with Crippen molar-refractivity contribution in [3.8, 4) is 0 Å². The molecular formula is C22H29F3N2O5S. The van der Waals surface area contributed by atoms with Crippen LogP contribution in [0.2, 0.25) is 0 Å². The summed E-state index contributed by atoms with van der Waals surface area (Å²) in [5.41, 5.74) is -1.22. The first kappa shape index (κ1) is 25.5. The van der Waals surface area contributed by atoms with Crippen molar-refractivity contribution in [2.24, 2.45) is 5.92 Å². The maximum atomic E-state index is 13.3. The SMILES string of the molecule is CC1CCCC(C)N1C(=O)COC(=O)C1CCN(S(=O)(=O)c2ccccc2C(F)(F)F)CC1. The number of carbonyl (C=O) groups is 2. The maximum absolute atomic E-state index is 13.3. The van der Waals surface area contributed by atoms with Crippen molar-refractivity contribution < 1.29 is 35.9 Å². The summed E-state index contributed by atoms with van der Waals surface area (Å²) >= 11 is 0. The molecule has 2 atom stereocenters. The molecule has 1 aromatic rings. The van der Waals surface area contributed by atoms with E-state index in [0.29, 0.717) is 0 Å². The van der Waals surface area contributed by atoms with Gasteiger partial charge in [-0.2, -0.15) is 17.5 Å². The molecule has 33 heavy (non-hydrogen) atoms. The van der Waals surface area contributed by atoms with E-state index in [9.17, 15) is 31.2 Å². The molecule has 7 nitrogen and oxygen atoms in total. The molecule has 0 N–H and O–H groups in total. The minimum atomic E-state index is -4.80. The number of nitrogens with zero attached hydrogens (tertiary/aromatic N) is 2. The summed E-state index contributed by atoms with van der Waals surface area (Å²) in [6.45, 7) is 3.33. The number of ether oxygens (including phenoxy) is 1. The molecule has 2 heterocycles. The molecule has 3 rings (SSSR count). The first-order valence-electron chi connectivity index (χ1n) is 11.1. The Kier molecular flexibility index (Phi) is 7.73. The zero-order valence-electron chi connectivity index (χ0n) is 18.7. The predicted molar refractivity (Wildman–Crippen MR) is 114 cm³/mol. The van der Waals surface area contributed by atoms with E-state index in [0.717, 1.165) is 41.8 Å². The Bertz CT molecular complexity index is 964. The molecule has 2 unspecified atom stereocenters. The lowest BCUT2D eigenvalue weighted by molar-refractivity contribution is -0.158. The Labute approximate surface area is 191 Å². The Morgan fingerprint density at radius 1 is 1.03 bits per heavy atom. The van der Waals surface area contributed by atoms with Crippen molar-refractivity contribution in [2.45, 2.75) is 69.1 Å². The highest BCUT2D eigenvalue weighted by atomic mass is 32.2. The summed E-state index contributed by atoms with van der Waals surface area (Å²) in [5, 5.41) is 0. The van der Waals surface area contributed by atoms with Crippen LogP contribution >= 0.6 is 0 Å². The van der Waals surface area contributed by atoms with Crippen molar-refractivity contribution in [1.82, 2.24) is 9.21 Å². The minimum Gasteiger partial charge on any atom is -0.455 e. The fourth-order valence-electron chi connectivity index (χ4n) is 4.63. The van der Waals surface area contributed by atoms with Crippen LogP contribution in [-0.2, 0) is 30.5 Å². The van der Waals surface area contributed by atoms with Crippen LogP contribution in [0, 0.1) is 5.92 Å². The number of esters is 1. The second kappa shape index (κ2) is 10.0. The van der Waals surface area contributed by atoms with Gasteiger partial charge in [-0.15, -0.1) is 0 Å². The highest BCUT2D eigenvalue weighted by molar-refractivity contribution is 7.89. The Hall–Kier alpha value is -2.14. The molecule has 0 aliphatic carbocycles. The first-order chi connectivity index (χ1) is 15.4. The third-order valence-electron chi connectivity index (χ3n) is 6.42. The van der Waals surface area contributed by atoms with E-state index in [1.807, 2.05) is 13.8 Å². The first-order valence-corrected chi connectivity index (χ1v) is 12.5. The van der Waals surface area contributed by atoms with Gasteiger partial charge in [0.2, 0.25) is 10.0 Å². The Morgan fingerprint density at radius 3 is 2.18 bits per heavy atom. The summed E-state index contributed by atoms with van der Waals surface area (Å²) in [5.74, 6) is -1.46. The smallest absolute Gasteiger partial charge is 0.417 e. The van der Waals surface area contributed by atoms with Gasteiger partial charge in [-0.1, -0.05) is 12.1 Å². The quantitative estimate of drug-likeness (QED) is 0.591. The summed E-state index contributed by atoms with van der Waals surface area (Å²) in [7, 11) is -4.38. The van der Waals surface area contributed by atoms with E-state index in [-0.39, 0.29) is 50.5 Å². The van der Waals surface area contributed by atoms with E-state index in [1.165, 1.54) is 6.07 Å². The van der Waals surface area contributed by atoms with Crippen LogP contribution in [0.25, 0.3) is 0 Å². The van der Waals surface area contributed by atoms with Gasteiger partial charge in [0, 0.05) is 25.2 Å². The zero-order valence-corrected chi connectivity index (χ0v) is 19.5. The predicted octanol–water partition coefficient (Wildman–Crippen LogP) is 3.44. The molecular weight excluding hydrogens is 461 g/mol. The molecule has 0 spiro atoms. The third-order valence-corrected chi connectivity index (χ3v) is 8.37. The molecule has 1 aromatic carbocycles. The third kappa shape index (κ3) is 5.68. The number of benzene rings is 1. The molecule has 0 saturated carbocycles. The van der Waals surface area contributed by atoms with Gasteiger partial charge in [-0.05, 0) is 58.1 Å². The van der Waals surface area contributed by atoms with Gasteiger partial charge in [0.1, 0.15) is 0 Å². The second-order valence-corrected chi connectivity index (χ2v) is 10.6. The molecule has 2 saturated heterocycles. The lowest BCUT2D eigenvalue weighted by atomic mass is 9.97. The van der Waals surface area contributed by atoms with Gasteiger partial charge in [0.05, 0.1) is 16.4 Å². The molecule has 0 aromatic heterocycles. The van der Waals surface area contributed by atoms with Crippen molar-refractivity contribution in [1.29, 1.82) is 0 Å². The molecule has 11 heteroatoms. The number of halogens is 3. The van der Waals surface area contributed by atoms with E-state index >= 15 is 0 Å². The van der Waals surface area contributed by atoms with Gasteiger partial charge < -0.3 is 9.64 Å². The number of rotatable bonds is 5. The number of carbonyl (C=O) groups excluding carboxylic acids is 2. The van der Waals surface area contributed by atoms with Crippen molar-refractivity contribution in [3.05, 3.63) is 29.8 Å². The lowest BCUT2D eigenvalue weighted by Crippen LogP contribution is -2.49. The molecule has 0 radical (unpaired) electrons. The monoisotopic (exact) mass is 490 g/mol. The largest absolute Gasteiger partial charge is 0.455 e. The molecule has 0 bridgehead atoms. The number of amides is 1. The number of likely N-dealkylation sites (tertiary alicyclic amines) is 1. The van der Waals surface area contributed by atoms with E-state index < -0.39 is 38.5 Å². The average Bonchev–Trinajstić information content (AvgIpc) is 2.77. The number of alkyl halides is 3. The topological polar surface area (TPSA) is 84.0 Å². The number of hydrogen-bond donors (Lipinski definition) is 0. The summed E-state index contributed by atoms with van der Waals surface area (Å²) < 4.78 is 71.7. The molecule has 1 amide bonds. The van der Waals surface area contributed by atoms with Crippen LogP contribution in [0.1, 0.15) is 51.5 Å². The highest BCUT2D eigenvalue weighted by Crippen LogP contribution is 2.36. The Morgan fingerprint density at radius 2 is 1.61 bits per heavy atom. The Balaban J connectivity index is 1.57. The van der Waals surface area contributed by atoms with Crippen molar-refractivity contribution in [2.75, 3.05) is 19.7 Å². The highest BCUT2D eigenvalue weighted by Gasteiger charge is 2.40. The van der Waals surface area contributed by atoms with Gasteiger partial charge in [0.25, 0.3) is 5.91 Å². The maximum Gasteiger partial charge on any atom is 0.417 e. The molecule has 2 fully saturated rings. The molecule has 184 valence electrons. The van der Waals surface area contributed by atoms with E-state index in [2.05, 4.69) is 0 Å². The van der Waals surface area contributed by atoms with Crippen LogP contribution in [0.4, 0.5) is 13.2 Å². The van der Waals surface area contributed by atoms with Crippen molar-refractivity contribution >= 4 is 21.9 Å². The normalized spacial score (nSPS) is 23.4. The van der Waals surface area contributed by atoms with Gasteiger partial charge in [-0.3, -0.25) is 9.59 Å². The van der Waals surface area contributed by atoms with E-state index in [4.69, 9.17) is 4.74 Å². The molecule has 2 aliphatic rings. The van der Waals surface area contributed by atoms with E-state index in [1.54, 1.807) is 4.90 Å². The second-order valence-electron chi connectivity index (χ2n) is 8.71. The lowest BCUT2D eigenvalue weighted by Gasteiger charge is -2.39. The average molecular weight is 491 g/mol. The van der Waals surface area contributed by atoms with Crippen LogP contribution < -0.4 is 0 Å². The van der Waals surface area contributed by atoms with Crippen LogP contribution in [0.15, 0.2) is 29.2 Å². The number of sulfonamides is 1. The van der Waals surface area contributed by atoms with Crippen LogP contribution in [-0.4, -0.2) is 61.3 Å². The fourth-order valence-corrected chi connectivity index (χ4v) is 6.32. The minimum absolute atomic E-state index is 0.0768. The summed E-state index contributed by atoms with van der Waals surface area (Å²) in [6, 6.07) is 4.20. The van der Waals surface area contributed by atoms with Gasteiger partial charge in [-0.25, -0.2) is 8.42 Å². The van der Waals surface area contributed by atoms with Gasteiger partial charge in [0.15, 0.2) is 6.61 Å². The summed E-state index contributed by atoms with van der Waals surface area (Å²) in [4.78, 5) is 25.9. The standard InChI is InChI=1S/C22H29F3N2O5S/c1-15-6-5-7-16(2)27(15)20(28)14-32-21(29)17-10-12-26(13-11-17)33(30,31)19-9-4-3-8-18(19)22(23,24)25/h3-4,8-9,15-17H,5-7,10-14H2,1-2H3. The number of hydrogen-bond acceptors (Lipinski definition) is 5. The molecule has 2 aliphatic heterocycles. The fraction of sp³-hybridized carbons (Fsp3) is 0.636.